The molecule has 124 valence electrons. The molecule has 0 aliphatic carbocycles. The van der Waals surface area contributed by atoms with Gasteiger partial charge in [-0.05, 0) is 46.5 Å². The zero-order valence-corrected chi connectivity index (χ0v) is 13.7. The smallest absolute Gasteiger partial charge is 0.194 e. The number of hydrogen-bond donors (Lipinski definition) is 0. The summed E-state index contributed by atoms with van der Waals surface area (Å²) in [6.07, 6.45) is 5.92. The minimum absolute atomic E-state index is 0.00871. The minimum Gasteiger partial charge on any atom is -0.212 e. The number of halogens is 4. The van der Waals surface area contributed by atoms with Crippen LogP contribution in [0.2, 0.25) is 0 Å². The Morgan fingerprint density at radius 1 is 1.00 bits per heavy atom. The summed E-state index contributed by atoms with van der Waals surface area (Å²) in [5.41, 5.74) is 1.81. The van der Waals surface area contributed by atoms with Crippen molar-refractivity contribution in [1.82, 2.24) is 0 Å². The Morgan fingerprint density at radius 2 is 1.59 bits per heavy atom. The minimum atomic E-state index is -1.74. The third-order valence-electron chi connectivity index (χ3n) is 3.36. The molecule has 0 rings (SSSR count). The van der Waals surface area contributed by atoms with Crippen LogP contribution in [-0.2, 0) is 0 Å². The molecule has 0 bridgehead atoms. The Hall–Kier alpha value is -1.58. The maximum absolute atomic E-state index is 13.7. The summed E-state index contributed by atoms with van der Waals surface area (Å²) in [6.45, 7) is 9.64. The van der Waals surface area contributed by atoms with Gasteiger partial charge in [0, 0.05) is 5.57 Å². The predicted molar refractivity (Wildman–Crippen MR) is 85.0 cm³/mol. The average molecular weight is 316 g/mol. The number of allylic oxidation sites excluding steroid dienone is 9. The molecule has 0 aliphatic rings. The third-order valence-corrected chi connectivity index (χ3v) is 3.36. The highest BCUT2D eigenvalue weighted by Gasteiger charge is 2.17. The summed E-state index contributed by atoms with van der Waals surface area (Å²) in [6, 6.07) is 0. The molecular weight excluding hydrogens is 292 g/mol. The summed E-state index contributed by atoms with van der Waals surface area (Å²) in [7, 11) is 0. The van der Waals surface area contributed by atoms with Gasteiger partial charge in [-0.25, -0.2) is 17.6 Å². The monoisotopic (exact) mass is 316 g/mol. The van der Waals surface area contributed by atoms with Crippen molar-refractivity contribution in [2.45, 2.75) is 53.4 Å². The zero-order valence-electron chi connectivity index (χ0n) is 13.7. The Morgan fingerprint density at radius 3 is 2.00 bits per heavy atom. The quantitative estimate of drug-likeness (QED) is 0.324. The van der Waals surface area contributed by atoms with Crippen LogP contribution in [0.3, 0.4) is 0 Å². The van der Waals surface area contributed by atoms with Crippen molar-refractivity contribution in [2.24, 2.45) is 0 Å². The summed E-state index contributed by atoms with van der Waals surface area (Å²) >= 11 is 0. The van der Waals surface area contributed by atoms with Crippen LogP contribution >= 0.6 is 0 Å². The van der Waals surface area contributed by atoms with Crippen LogP contribution in [0.1, 0.15) is 53.4 Å². The highest BCUT2D eigenvalue weighted by atomic mass is 19.2. The fourth-order valence-corrected chi connectivity index (χ4v) is 1.87. The fourth-order valence-electron chi connectivity index (χ4n) is 1.87. The maximum atomic E-state index is 13.7. The van der Waals surface area contributed by atoms with Crippen LogP contribution in [0.4, 0.5) is 17.6 Å². The second-order valence-electron chi connectivity index (χ2n) is 5.11. The van der Waals surface area contributed by atoms with Crippen molar-refractivity contribution < 1.29 is 17.6 Å². The lowest BCUT2D eigenvalue weighted by atomic mass is 10.0. The van der Waals surface area contributed by atoms with Gasteiger partial charge in [-0.3, -0.25) is 0 Å². The SMILES string of the molecule is C=C(F)/C(F)=C(F)\C(CCCC(=C/C)/C=C(\C)CC)=C(\C)F. The molecule has 0 aromatic rings. The summed E-state index contributed by atoms with van der Waals surface area (Å²) < 4.78 is 52.9. The Labute approximate surface area is 130 Å². The van der Waals surface area contributed by atoms with E-state index in [9.17, 15) is 17.6 Å². The van der Waals surface area contributed by atoms with E-state index in [1.54, 1.807) is 0 Å². The second kappa shape index (κ2) is 10.2. The highest BCUT2D eigenvalue weighted by molar-refractivity contribution is 5.35. The molecule has 0 fully saturated rings. The average Bonchev–Trinajstić information content (AvgIpc) is 2.47. The molecule has 0 spiro atoms. The first-order valence-electron chi connectivity index (χ1n) is 7.32. The Bertz CT molecular complexity index is 515. The molecule has 0 unspecified atom stereocenters. The molecule has 0 aromatic heterocycles. The number of hydrogen-bond acceptors (Lipinski definition) is 0. The van der Waals surface area contributed by atoms with Crippen molar-refractivity contribution in [2.75, 3.05) is 0 Å². The van der Waals surface area contributed by atoms with Gasteiger partial charge in [-0.15, -0.1) is 0 Å². The summed E-state index contributed by atoms with van der Waals surface area (Å²) in [4.78, 5) is 0. The Kier molecular flexibility index (Phi) is 9.46. The van der Waals surface area contributed by atoms with Crippen LogP contribution in [0.25, 0.3) is 0 Å². The molecule has 0 saturated carbocycles. The van der Waals surface area contributed by atoms with Gasteiger partial charge in [-0.2, -0.15) is 0 Å². The third kappa shape index (κ3) is 6.92. The first kappa shape index (κ1) is 20.4. The van der Waals surface area contributed by atoms with Crippen LogP contribution in [0.15, 0.2) is 58.8 Å². The molecule has 0 aromatic carbocycles. The normalized spacial score (nSPS) is 15.5. The molecule has 0 nitrogen and oxygen atoms in total. The Balaban J connectivity index is 4.96. The van der Waals surface area contributed by atoms with Gasteiger partial charge in [0.2, 0.25) is 0 Å². The van der Waals surface area contributed by atoms with Crippen molar-refractivity contribution >= 4 is 0 Å². The van der Waals surface area contributed by atoms with Crippen LogP contribution in [0, 0.1) is 0 Å². The number of rotatable bonds is 8. The van der Waals surface area contributed by atoms with Gasteiger partial charge in [0.1, 0.15) is 5.83 Å². The molecule has 4 heteroatoms. The van der Waals surface area contributed by atoms with Gasteiger partial charge < -0.3 is 0 Å². The summed E-state index contributed by atoms with van der Waals surface area (Å²) in [5.74, 6) is -5.63. The molecule has 0 N–H and O–H groups in total. The van der Waals surface area contributed by atoms with E-state index in [-0.39, 0.29) is 6.42 Å². The van der Waals surface area contributed by atoms with Crippen molar-refractivity contribution in [3.8, 4) is 0 Å². The van der Waals surface area contributed by atoms with E-state index in [1.165, 1.54) is 5.57 Å². The van der Waals surface area contributed by atoms with E-state index >= 15 is 0 Å². The van der Waals surface area contributed by atoms with Crippen molar-refractivity contribution in [3.05, 3.63) is 58.8 Å². The highest BCUT2D eigenvalue weighted by Crippen LogP contribution is 2.30. The van der Waals surface area contributed by atoms with Gasteiger partial charge in [0.25, 0.3) is 0 Å². The first-order valence-corrected chi connectivity index (χ1v) is 7.32. The summed E-state index contributed by atoms with van der Waals surface area (Å²) in [5, 5.41) is 0. The molecule has 0 amide bonds. The lowest BCUT2D eigenvalue weighted by Crippen LogP contribution is -1.93. The predicted octanol–water partition coefficient (Wildman–Crippen LogP) is 7.34. The van der Waals surface area contributed by atoms with Gasteiger partial charge in [0.15, 0.2) is 17.5 Å². The van der Waals surface area contributed by atoms with E-state index in [0.717, 1.165) is 18.9 Å². The van der Waals surface area contributed by atoms with Gasteiger partial charge >= 0.3 is 0 Å². The zero-order chi connectivity index (χ0) is 17.3. The first-order chi connectivity index (χ1) is 10.2. The molecule has 0 heterocycles. The second-order valence-corrected chi connectivity index (χ2v) is 5.11. The van der Waals surface area contributed by atoms with Crippen molar-refractivity contribution in [3.63, 3.8) is 0 Å². The van der Waals surface area contributed by atoms with Gasteiger partial charge in [-0.1, -0.05) is 36.8 Å². The molecule has 0 aliphatic heterocycles. The van der Waals surface area contributed by atoms with E-state index in [2.05, 4.69) is 6.58 Å². The van der Waals surface area contributed by atoms with E-state index in [1.807, 2.05) is 32.9 Å². The molecular formula is C18H24F4. The van der Waals surface area contributed by atoms with Crippen LogP contribution in [-0.4, -0.2) is 0 Å². The maximum Gasteiger partial charge on any atom is 0.194 e. The molecule has 0 atom stereocenters. The fraction of sp³-hybridized carbons (Fsp3) is 0.444. The lowest BCUT2D eigenvalue weighted by Gasteiger charge is -2.08. The standard InChI is InChI=1S/C18H24F4/c1-6-12(3)11-15(7-2)9-8-10-16(13(4)19)18(22)17(21)14(5)20/h7,11H,5-6,8-10H2,1-4H3/b12-11+,15-7-,16-13-,18-17-. The largest absolute Gasteiger partial charge is 0.212 e. The topological polar surface area (TPSA) is 0 Å². The molecule has 0 saturated heterocycles. The van der Waals surface area contributed by atoms with Crippen LogP contribution in [0.5, 0.6) is 0 Å². The molecule has 0 radical (unpaired) electrons. The van der Waals surface area contributed by atoms with Crippen LogP contribution < -0.4 is 0 Å². The van der Waals surface area contributed by atoms with E-state index in [4.69, 9.17) is 0 Å². The van der Waals surface area contributed by atoms with E-state index < -0.39 is 28.9 Å². The molecule has 22 heavy (non-hydrogen) atoms. The van der Waals surface area contributed by atoms with E-state index in [0.29, 0.717) is 12.8 Å². The van der Waals surface area contributed by atoms with Gasteiger partial charge in [0.05, 0.1) is 0 Å². The van der Waals surface area contributed by atoms with Crippen molar-refractivity contribution in [1.29, 1.82) is 0 Å². The lowest BCUT2D eigenvalue weighted by molar-refractivity contribution is 0.489.